The van der Waals surface area contributed by atoms with E-state index in [-0.39, 0.29) is 16.3 Å². The van der Waals surface area contributed by atoms with E-state index >= 15 is 0 Å². The Morgan fingerprint density at radius 1 is 1.00 bits per heavy atom. The summed E-state index contributed by atoms with van der Waals surface area (Å²) in [6, 6.07) is 9.70. The van der Waals surface area contributed by atoms with Crippen LogP contribution in [0, 0.1) is 0 Å². The first kappa shape index (κ1) is 21.5. The Bertz CT molecular complexity index is 1210. The van der Waals surface area contributed by atoms with Crippen molar-refractivity contribution in [2.24, 2.45) is 7.05 Å². The van der Waals surface area contributed by atoms with Gasteiger partial charge in [-0.2, -0.15) is 0 Å². The summed E-state index contributed by atoms with van der Waals surface area (Å²) in [7, 11) is -2.42. The first-order valence-electron chi connectivity index (χ1n) is 9.12. The van der Waals surface area contributed by atoms with E-state index in [1.54, 1.807) is 36.5 Å². The molecule has 1 aromatic carbocycles. The van der Waals surface area contributed by atoms with Gasteiger partial charge in [0.2, 0.25) is 5.43 Å². The number of rotatable bonds is 0. The van der Waals surface area contributed by atoms with Crippen LogP contribution in [0.2, 0.25) is 0 Å². The minimum absolute atomic E-state index is 0.0613. The van der Waals surface area contributed by atoms with Crippen molar-refractivity contribution < 1.29 is 9.46 Å². The second-order valence-corrected chi connectivity index (χ2v) is 7.33. The third-order valence-electron chi connectivity index (χ3n) is 4.02. The van der Waals surface area contributed by atoms with Gasteiger partial charge in [-0.25, -0.2) is 4.68 Å². The summed E-state index contributed by atoms with van der Waals surface area (Å²) in [5, 5.41) is 5.31. The molecule has 0 saturated heterocycles. The quantitative estimate of drug-likeness (QED) is 0.489. The lowest BCUT2D eigenvalue weighted by atomic mass is 10.3. The Hall–Kier alpha value is -2.83. The Morgan fingerprint density at radius 3 is 2.32 bits per heavy atom. The molecule has 1 unspecified atom stereocenters. The molecule has 3 aromatic rings. The van der Waals surface area contributed by atoms with Gasteiger partial charge in [-0.1, -0.05) is 39.8 Å². The molecule has 28 heavy (non-hydrogen) atoms. The standard InChI is InChI=1S/C15H13N4O4P.2C2H6/c1-18-15(21)12(13(20)10-6-4-8-19(10)18)14-16-9-5-2-3-7-11(9)24(22,23)17-14;2*1-2/h2-8,16H,1H3,(H2,17,22,23);2*1-2H3. The lowest BCUT2D eigenvalue weighted by molar-refractivity contribution is 0.483. The average Bonchev–Trinajstić information content (AvgIpc) is 3.20. The molecule has 1 aliphatic rings. The Kier molecular flexibility index (Phi) is 6.48. The first-order chi connectivity index (χ1) is 13.4. The number of nitrogens with one attached hydrogen (secondary N) is 2. The molecule has 0 bridgehead atoms. The van der Waals surface area contributed by atoms with Crippen molar-refractivity contribution in [2.75, 3.05) is 5.32 Å². The SMILES string of the molecule is CC.CC.Cn1c(=O)c(=C2Nc3ccccc3P(=O)(O)N2)c(=O)c2cccn21. The predicted molar refractivity (Wildman–Crippen MR) is 113 cm³/mol. The van der Waals surface area contributed by atoms with Crippen LogP contribution in [-0.2, 0) is 11.6 Å². The summed E-state index contributed by atoms with van der Waals surface area (Å²) < 4.78 is 15.2. The fourth-order valence-electron chi connectivity index (χ4n) is 2.86. The van der Waals surface area contributed by atoms with Gasteiger partial charge in [0.1, 0.15) is 16.6 Å². The normalized spacial score (nSPS) is 19.2. The summed E-state index contributed by atoms with van der Waals surface area (Å²) in [4.78, 5) is 35.5. The van der Waals surface area contributed by atoms with Crippen molar-refractivity contribution in [2.45, 2.75) is 27.7 Å². The first-order valence-corrected chi connectivity index (χ1v) is 10.8. The van der Waals surface area contributed by atoms with Gasteiger partial charge in [-0.05, 0) is 24.3 Å². The maximum atomic E-state index is 12.7. The second kappa shape index (κ2) is 8.46. The van der Waals surface area contributed by atoms with E-state index in [0.717, 1.165) is 0 Å². The third-order valence-corrected chi connectivity index (χ3v) is 5.59. The van der Waals surface area contributed by atoms with E-state index in [2.05, 4.69) is 10.4 Å². The third kappa shape index (κ3) is 3.48. The molecule has 150 valence electrons. The molecule has 3 heterocycles. The fraction of sp³-hybridized carbons (Fsp3) is 0.263. The molecule has 8 nitrogen and oxygen atoms in total. The van der Waals surface area contributed by atoms with Gasteiger partial charge in [-0.3, -0.25) is 23.8 Å². The Morgan fingerprint density at radius 2 is 1.64 bits per heavy atom. The number of anilines is 1. The highest BCUT2D eigenvalue weighted by Crippen LogP contribution is 2.41. The zero-order valence-corrected chi connectivity index (χ0v) is 17.4. The molecular formula is C19H25N4O4P. The number of aryl methyl sites for hydroxylation is 1. The van der Waals surface area contributed by atoms with Gasteiger partial charge in [0.15, 0.2) is 0 Å². The van der Waals surface area contributed by atoms with Crippen LogP contribution in [0.5, 0.6) is 0 Å². The monoisotopic (exact) mass is 404 g/mol. The highest BCUT2D eigenvalue weighted by atomic mass is 31.2. The number of para-hydroxylation sites is 1. The van der Waals surface area contributed by atoms with Crippen molar-refractivity contribution in [3.05, 3.63) is 68.4 Å². The number of aromatic nitrogens is 2. The lowest BCUT2D eigenvalue weighted by Gasteiger charge is -2.26. The van der Waals surface area contributed by atoms with Crippen molar-refractivity contribution in [1.29, 1.82) is 0 Å². The molecule has 4 rings (SSSR count). The molecule has 0 aliphatic carbocycles. The predicted octanol–water partition coefficient (Wildman–Crippen LogP) is 1.36. The molecule has 0 fully saturated rings. The lowest BCUT2D eigenvalue weighted by Crippen LogP contribution is -2.51. The van der Waals surface area contributed by atoms with Crippen LogP contribution >= 0.6 is 7.52 Å². The molecular weight excluding hydrogens is 379 g/mol. The minimum atomic E-state index is -3.94. The number of hydrogen-bond donors (Lipinski definition) is 3. The highest BCUT2D eigenvalue weighted by molar-refractivity contribution is 7.65. The molecule has 0 saturated carbocycles. The highest BCUT2D eigenvalue weighted by Gasteiger charge is 2.31. The van der Waals surface area contributed by atoms with E-state index in [9.17, 15) is 19.0 Å². The Labute approximate surface area is 162 Å². The minimum Gasteiger partial charge on any atom is -0.340 e. The van der Waals surface area contributed by atoms with Gasteiger partial charge in [-0.15, -0.1) is 0 Å². The van der Waals surface area contributed by atoms with Crippen molar-refractivity contribution in [3.63, 3.8) is 0 Å². The van der Waals surface area contributed by atoms with Crippen LogP contribution in [-0.4, -0.2) is 14.1 Å². The van der Waals surface area contributed by atoms with Crippen molar-refractivity contribution >= 4 is 29.8 Å². The summed E-state index contributed by atoms with van der Waals surface area (Å²) >= 11 is 0. The molecule has 1 aliphatic heterocycles. The van der Waals surface area contributed by atoms with E-state index < -0.39 is 18.5 Å². The van der Waals surface area contributed by atoms with E-state index in [0.29, 0.717) is 11.2 Å². The van der Waals surface area contributed by atoms with Crippen LogP contribution in [0.1, 0.15) is 27.7 Å². The number of nitrogens with zero attached hydrogens (tertiary/aromatic N) is 2. The smallest absolute Gasteiger partial charge is 0.324 e. The molecule has 9 heteroatoms. The molecule has 0 amide bonds. The number of hydrogen-bond acceptors (Lipinski definition) is 4. The van der Waals surface area contributed by atoms with Crippen LogP contribution in [0.25, 0.3) is 11.3 Å². The summed E-state index contributed by atoms with van der Waals surface area (Å²) in [5.41, 5.74) is -0.404. The maximum Gasteiger partial charge on any atom is 0.324 e. The van der Waals surface area contributed by atoms with Gasteiger partial charge in [0, 0.05) is 13.2 Å². The van der Waals surface area contributed by atoms with Crippen LogP contribution in [0.15, 0.2) is 52.2 Å². The molecule has 0 spiro atoms. The molecule has 1 atom stereocenters. The van der Waals surface area contributed by atoms with Gasteiger partial charge in [0.05, 0.1) is 11.0 Å². The average molecular weight is 404 g/mol. The van der Waals surface area contributed by atoms with Crippen LogP contribution in [0.4, 0.5) is 5.69 Å². The van der Waals surface area contributed by atoms with Gasteiger partial charge in [0.25, 0.3) is 5.56 Å². The zero-order valence-electron chi connectivity index (χ0n) is 16.6. The summed E-state index contributed by atoms with van der Waals surface area (Å²) in [6.07, 6.45) is 1.60. The fourth-order valence-corrected chi connectivity index (χ4v) is 4.19. The summed E-state index contributed by atoms with van der Waals surface area (Å²) in [5.74, 6) is -0.0613. The Balaban J connectivity index is 0.000000660. The van der Waals surface area contributed by atoms with E-state index in [1.165, 1.54) is 22.3 Å². The maximum absolute atomic E-state index is 12.7. The van der Waals surface area contributed by atoms with E-state index in [1.807, 2.05) is 27.7 Å². The van der Waals surface area contributed by atoms with Gasteiger partial charge < -0.3 is 10.2 Å². The number of fused-ring (bicyclic) bond motifs is 2. The van der Waals surface area contributed by atoms with Crippen LogP contribution in [0.3, 0.4) is 0 Å². The molecule has 3 N–H and O–H groups in total. The second-order valence-electron chi connectivity index (χ2n) is 5.48. The van der Waals surface area contributed by atoms with Crippen molar-refractivity contribution in [1.82, 2.24) is 14.3 Å². The molecule has 2 aromatic heterocycles. The van der Waals surface area contributed by atoms with Crippen molar-refractivity contribution in [3.8, 4) is 0 Å². The zero-order chi connectivity index (χ0) is 21.1. The number of benzene rings is 1. The summed E-state index contributed by atoms with van der Waals surface area (Å²) in [6.45, 7) is 8.00. The largest absolute Gasteiger partial charge is 0.340 e. The van der Waals surface area contributed by atoms with E-state index in [4.69, 9.17) is 0 Å². The topological polar surface area (TPSA) is 105 Å². The molecule has 0 radical (unpaired) electrons. The van der Waals surface area contributed by atoms with Gasteiger partial charge >= 0.3 is 7.52 Å². The van der Waals surface area contributed by atoms with Crippen LogP contribution < -0.4 is 31.9 Å².